The number of ether oxygens (including phenoxy) is 2. The molecule has 2 aromatic heterocycles. The predicted octanol–water partition coefficient (Wildman–Crippen LogP) is 1.78. The molecule has 1 atom stereocenters. The van der Waals surface area contributed by atoms with E-state index in [1.165, 1.54) is 17.9 Å². The Bertz CT molecular complexity index is 1150. The zero-order valence-corrected chi connectivity index (χ0v) is 17.9. The number of anilines is 2. The first-order valence-corrected chi connectivity index (χ1v) is 10.2. The van der Waals surface area contributed by atoms with Crippen LogP contribution < -0.4 is 25.4 Å². The van der Waals surface area contributed by atoms with Gasteiger partial charge < -0.3 is 19.7 Å². The van der Waals surface area contributed by atoms with Crippen LogP contribution in [0.15, 0.2) is 35.4 Å². The fraction of sp³-hybridized carbons (Fsp3) is 0.429. The third kappa shape index (κ3) is 4.18. The first-order valence-electron chi connectivity index (χ1n) is 10.2. The zero-order chi connectivity index (χ0) is 22.0. The topological polar surface area (TPSA) is 103 Å². The van der Waals surface area contributed by atoms with Crippen LogP contribution in [0.1, 0.15) is 19.8 Å². The van der Waals surface area contributed by atoms with Crippen LogP contribution in [0, 0.1) is 5.92 Å². The van der Waals surface area contributed by atoms with Crippen molar-refractivity contribution in [2.45, 2.75) is 26.3 Å². The molecular weight excluding hydrogens is 400 g/mol. The van der Waals surface area contributed by atoms with Gasteiger partial charge in [0.05, 0.1) is 19.9 Å². The number of carbonyl (C=O) groups is 1. The third-order valence-electron chi connectivity index (χ3n) is 5.42. The maximum absolute atomic E-state index is 12.8. The number of hydrogen-bond donors (Lipinski definition) is 1. The standard InChI is InChI=1S/C21H26N6O4/c1-14-5-4-9-25(12-14)19-20-24-27(21(29)26(20)10-8-22-19)13-18(28)23-16-7-6-15(30-2)11-17(16)31-3/h6-8,10-11,14H,4-5,9,12-13H2,1-3H3,(H,23,28)/t14-/m0/s1. The molecule has 0 aliphatic carbocycles. The summed E-state index contributed by atoms with van der Waals surface area (Å²) in [4.78, 5) is 32.1. The Hall–Kier alpha value is -3.56. The number of aromatic nitrogens is 4. The van der Waals surface area contributed by atoms with Crippen molar-refractivity contribution < 1.29 is 14.3 Å². The minimum absolute atomic E-state index is 0.231. The molecule has 1 aromatic carbocycles. The molecule has 0 spiro atoms. The van der Waals surface area contributed by atoms with Crippen LogP contribution in [0.4, 0.5) is 11.5 Å². The van der Waals surface area contributed by atoms with Gasteiger partial charge in [0, 0.05) is 31.5 Å². The van der Waals surface area contributed by atoms with Gasteiger partial charge in [-0.25, -0.2) is 18.9 Å². The number of carbonyl (C=O) groups excluding carboxylic acids is 1. The van der Waals surface area contributed by atoms with Crippen molar-refractivity contribution in [2.75, 3.05) is 37.5 Å². The lowest BCUT2D eigenvalue weighted by Gasteiger charge is -2.31. The lowest BCUT2D eigenvalue weighted by Crippen LogP contribution is -2.35. The summed E-state index contributed by atoms with van der Waals surface area (Å²) in [5.74, 6) is 1.89. The Balaban J connectivity index is 1.58. The quantitative estimate of drug-likeness (QED) is 0.641. The SMILES string of the molecule is COc1ccc(NC(=O)Cn2nc3c(N4CCC[C@H](C)C4)nccn3c2=O)c(OC)c1. The Morgan fingerprint density at radius 1 is 1.29 bits per heavy atom. The molecule has 10 nitrogen and oxygen atoms in total. The average molecular weight is 426 g/mol. The number of benzene rings is 1. The Morgan fingerprint density at radius 3 is 2.87 bits per heavy atom. The molecule has 1 amide bonds. The van der Waals surface area contributed by atoms with Crippen molar-refractivity contribution in [1.82, 2.24) is 19.2 Å². The van der Waals surface area contributed by atoms with Crippen LogP contribution in [0.5, 0.6) is 11.5 Å². The lowest BCUT2D eigenvalue weighted by molar-refractivity contribution is -0.117. The molecule has 164 valence electrons. The summed E-state index contributed by atoms with van der Waals surface area (Å²) in [7, 11) is 3.06. The lowest BCUT2D eigenvalue weighted by atomic mass is 10.0. The van der Waals surface area contributed by atoms with E-state index in [1.54, 1.807) is 37.7 Å². The Morgan fingerprint density at radius 2 is 2.13 bits per heavy atom. The Kier molecular flexibility index (Phi) is 5.79. The summed E-state index contributed by atoms with van der Waals surface area (Å²) in [6.07, 6.45) is 5.41. The summed E-state index contributed by atoms with van der Waals surface area (Å²) in [5.41, 5.74) is 0.548. The van der Waals surface area contributed by atoms with E-state index in [2.05, 4.69) is 27.2 Å². The third-order valence-corrected chi connectivity index (χ3v) is 5.42. The number of nitrogens with one attached hydrogen (secondary N) is 1. The van der Waals surface area contributed by atoms with Crippen LogP contribution >= 0.6 is 0 Å². The van der Waals surface area contributed by atoms with Crippen molar-refractivity contribution in [3.8, 4) is 11.5 Å². The molecule has 0 saturated carbocycles. The van der Waals surface area contributed by atoms with Gasteiger partial charge >= 0.3 is 5.69 Å². The Labute approximate surface area is 179 Å². The van der Waals surface area contributed by atoms with Gasteiger partial charge in [0.2, 0.25) is 11.6 Å². The van der Waals surface area contributed by atoms with Gasteiger partial charge in [0.25, 0.3) is 0 Å². The number of hydrogen-bond acceptors (Lipinski definition) is 7. The highest BCUT2D eigenvalue weighted by molar-refractivity contribution is 5.92. The summed E-state index contributed by atoms with van der Waals surface area (Å²) in [6, 6.07) is 5.07. The predicted molar refractivity (Wildman–Crippen MR) is 116 cm³/mol. The normalized spacial score (nSPS) is 16.4. The molecule has 31 heavy (non-hydrogen) atoms. The second-order valence-corrected chi connectivity index (χ2v) is 7.69. The first-order chi connectivity index (χ1) is 15.0. The van der Waals surface area contributed by atoms with E-state index < -0.39 is 5.91 Å². The molecule has 1 fully saturated rings. The van der Waals surface area contributed by atoms with Crippen LogP contribution in [-0.4, -0.2) is 52.4 Å². The fourth-order valence-electron chi connectivity index (χ4n) is 3.87. The van der Waals surface area contributed by atoms with Gasteiger partial charge in [-0.1, -0.05) is 6.92 Å². The summed E-state index contributed by atoms with van der Waals surface area (Å²) >= 11 is 0. The van der Waals surface area contributed by atoms with E-state index in [0.717, 1.165) is 24.2 Å². The van der Waals surface area contributed by atoms with Crippen LogP contribution in [0.2, 0.25) is 0 Å². The minimum atomic E-state index is -0.393. The van der Waals surface area contributed by atoms with Gasteiger partial charge in [-0.05, 0) is 30.9 Å². The molecule has 1 N–H and O–H groups in total. The molecule has 3 aromatic rings. The zero-order valence-electron chi connectivity index (χ0n) is 17.9. The smallest absolute Gasteiger partial charge is 0.350 e. The van der Waals surface area contributed by atoms with Crippen LogP contribution in [-0.2, 0) is 11.3 Å². The van der Waals surface area contributed by atoms with Crippen LogP contribution in [0.25, 0.3) is 5.65 Å². The first kappa shape index (κ1) is 20.7. The van der Waals surface area contributed by atoms with Gasteiger partial charge in [-0.2, -0.15) is 0 Å². The molecule has 4 rings (SSSR count). The maximum atomic E-state index is 12.8. The average Bonchev–Trinajstić information content (AvgIpc) is 3.09. The van der Waals surface area contributed by atoms with E-state index >= 15 is 0 Å². The van der Waals surface area contributed by atoms with Crippen molar-refractivity contribution in [2.24, 2.45) is 5.92 Å². The molecular formula is C21H26N6O4. The number of rotatable bonds is 6. The maximum Gasteiger partial charge on any atom is 0.350 e. The van der Waals surface area contributed by atoms with Gasteiger partial charge in [-0.15, -0.1) is 5.10 Å². The van der Waals surface area contributed by atoms with E-state index in [0.29, 0.717) is 34.6 Å². The summed E-state index contributed by atoms with van der Waals surface area (Å²) in [6.45, 7) is 3.71. The molecule has 1 aliphatic heterocycles. The van der Waals surface area contributed by atoms with Crippen molar-refractivity contribution in [3.05, 3.63) is 41.1 Å². The van der Waals surface area contributed by atoms with Gasteiger partial charge in [0.1, 0.15) is 18.0 Å². The highest BCUT2D eigenvalue weighted by Crippen LogP contribution is 2.29. The number of piperidine rings is 1. The van der Waals surface area contributed by atoms with Crippen molar-refractivity contribution in [1.29, 1.82) is 0 Å². The minimum Gasteiger partial charge on any atom is -0.497 e. The molecule has 3 heterocycles. The summed E-state index contributed by atoms with van der Waals surface area (Å²) in [5, 5.41) is 7.18. The van der Waals surface area contributed by atoms with E-state index in [-0.39, 0.29) is 12.2 Å². The molecule has 0 radical (unpaired) electrons. The molecule has 0 unspecified atom stereocenters. The fourth-order valence-corrected chi connectivity index (χ4v) is 3.87. The molecule has 1 saturated heterocycles. The van der Waals surface area contributed by atoms with E-state index in [4.69, 9.17) is 9.47 Å². The highest BCUT2D eigenvalue weighted by Gasteiger charge is 2.22. The monoisotopic (exact) mass is 426 g/mol. The van der Waals surface area contributed by atoms with E-state index in [9.17, 15) is 9.59 Å². The second kappa shape index (κ2) is 8.66. The van der Waals surface area contributed by atoms with E-state index in [1.807, 2.05) is 0 Å². The van der Waals surface area contributed by atoms with Gasteiger partial charge in [0.15, 0.2) is 5.82 Å². The number of amides is 1. The highest BCUT2D eigenvalue weighted by atomic mass is 16.5. The summed E-state index contributed by atoms with van der Waals surface area (Å²) < 4.78 is 13.1. The second-order valence-electron chi connectivity index (χ2n) is 7.69. The number of nitrogens with zero attached hydrogens (tertiary/aromatic N) is 5. The largest absolute Gasteiger partial charge is 0.497 e. The molecule has 0 bridgehead atoms. The van der Waals surface area contributed by atoms with Crippen molar-refractivity contribution >= 4 is 23.1 Å². The number of methoxy groups -OCH3 is 2. The molecule has 1 aliphatic rings. The number of fused-ring (bicyclic) bond motifs is 1. The van der Waals surface area contributed by atoms with Crippen molar-refractivity contribution in [3.63, 3.8) is 0 Å². The van der Waals surface area contributed by atoms with Crippen LogP contribution in [0.3, 0.4) is 0 Å². The van der Waals surface area contributed by atoms with Gasteiger partial charge in [-0.3, -0.25) is 4.79 Å². The molecule has 10 heteroatoms.